The van der Waals surface area contributed by atoms with Gasteiger partial charge in [-0.3, -0.25) is 0 Å². The number of nitrogens with one attached hydrogen (secondary N) is 2. The minimum absolute atomic E-state index is 0.0627. The zero-order valence-corrected chi connectivity index (χ0v) is 15.4. The Balaban J connectivity index is 1.44. The third kappa shape index (κ3) is 5.13. The Morgan fingerprint density at radius 2 is 1.81 bits per heavy atom. The summed E-state index contributed by atoms with van der Waals surface area (Å²) in [4.78, 5) is 11.9. The first-order valence-corrected chi connectivity index (χ1v) is 10.4. The van der Waals surface area contributed by atoms with Crippen molar-refractivity contribution in [1.82, 2.24) is 9.62 Å². The number of sulfonamides is 1. The fraction of sp³-hybridized carbons (Fsp3) is 0.588. The standard InChI is InChI=1S/C17H22F3N3O3S/c18-17(19,20)13-2-1-3-14(10-13)22-16(24)21-11-12-6-8-23(9-7-12)27(25,26)15-4-5-15/h1-3,10,12,15H,4-9,11H2,(H2,21,22,24). The van der Waals surface area contributed by atoms with Crippen LogP contribution in [-0.4, -0.2) is 43.6 Å². The first kappa shape index (κ1) is 19.9. The van der Waals surface area contributed by atoms with Gasteiger partial charge in [0, 0.05) is 25.3 Å². The molecule has 0 bridgehead atoms. The van der Waals surface area contributed by atoms with Gasteiger partial charge in [-0.15, -0.1) is 0 Å². The zero-order chi connectivity index (χ0) is 19.7. The third-order valence-corrected chi connectivity index (χ3v) is 7.28. The van der Waals surface area contributed by atoms with Crippen LogP contribution in [0.4, 0.5) is 23.7 Å². The largest absolute Gasteiger partial charge is 0.416 e. The average molecular weight is 405 g/mol. The van der Waals surface area contributed by atoms with E-state index in [-0.39, 0.29) is 16.9 Å². The van der Waals surface area contributed by atoms with Crippen LogP contribution in [0.5, 0.6) is 0 Å². The molecule has 2 aliphatic rings. The molecule has 6 nitrogen and oxygen atoms in total. The number of carbonyl (C=O) groups is 1. The molecule has 0 radical (unpaired) electrons. The Bertz CT molecular complexity index is 786. The lowest BCUT2D eigenvalue weighted by molar-refractivity contribution is -0.137. The van der Waals surface area contributed by atoms with Crippen molar-refractivity contribution in [3.05, 3.63) is 29.8 Å². The fourth-order valence-corrected chi connectivity index (χ4v) is 5.00. The van der Waals surface area contributed by atoms with Crippen LogP contribution in [0.15, 0.2) is 24.3 Å². The van der Waals surface area contributed by atoms with E-state index in [2.05, 4.69) is 10.6 Å². The number of benzene rings is 1. The summed E-state index contributed by atoms with van der Waals surface area (Å²) in [6, 6.07) is 3.85. The summed E-state index contributed by atoms with van der Waals surface area (Å²) in [7, 11) is -3.16. The number of alkyl halides is 3. The first-order valence-electron chi connectivity index (χ1n) is 8.87. The molecule has 1 aromatic rings. The van der Waals surface area contributed by atoms with Crippen molar-refractivity contribution in [1.29, 1.82) is 0 Å². The number of rotatable bonds is 5. The van der Waals surface area contributed by atoms with E-state index in [9.17, 15) is 26.4 Å². The molecule has 0 spiro atoms. The lowest BCUT2D eigenvalue weighted by atomic mass is 9.98. The third-order valence-electron chi connectivity index (χ3n) is 4.88. The fourth-order valence-electron chi connectivity index (χ4n) is 3.13. The van der Waals surface area contributed by atoms with Gasteiger partial charge in [-0.1, -0.05) is 6.07 Å². The van der Waals surface area contributed by atoms with Gasteiger partial charge >= 0.3 is 12.2 Å². The Labute approximate surface area is 156 Å². The van der Waals surface area contributed by atoms with Crippen molar-refractivity contribution in [3.63, 3.8) is 0 Å². The minimum atomic E-state index is -4.47. The maximum Gasteiger partial charge on any atom is 0.416 e. The molecule has 10 heteroatoms. The van der Waals surface area contributed by atoms with E-state index in [1.807, 2.05) is 0 Å². The summed E-state index contributed by atoms with van der Waals surface area (Å²) in [5, 5.41) is 4.83. The summed E-state index contributed by atoms with van der Waals surface area (Å²) < 4.78 is 64.0. The van der Waals surface area contributed by atoms with Crippen LogP contribution < -0.4 is 10.6 Å². The van der Waals surface area contributed by atoms with Gasteiger partial charge in [-0.2, -0.15) is 13.2 Å². The van der Waals surface area contributed by atoms with Gasteiger partial charge in [0.05, 0.1) is 10.8 Å². The van der Waals surface area contributed by atoms with Gasteiger partial charge < -0.3 is 10.6 Å². The summed E-state index contributed by atoms with van der Waals surface area (Å²) in [5.74, 6) is 0.142. The number of hydrogen-bond donors (Lipinski definition) is 2. The first-order chi connectivity index (χ1) is 12.7. The molecule has 1 aromatic carbocycles. The topological polar surface area (TPSA) is 78.5 Å². The number of anilines is 1. The molecule has 1 heterocycles. The van der Waals surface area contributed by atoms with Gasteiger partial charge in [0.1, 0.15) is 0 Å². The average Bonchev–Trinajstić information content (AvgIpc) is 3.45. The summed E-state index contributed by atoms with van der Waals surface area (Å²) in [5.41, 5.74) is -0.766. The van der Waals surface area contributed by atoms with Crippen molar-refractivity contribution in [2.75, 3.05) is 25.0 Å². The molecule has 1 saturated heterocycles. The minimum Gasteiger partial charge on any atom is -0.338 e. The molecule has 0 atom stereocenters. The summed E-state index contributed by atoms with van der Waals surface area (Å²) in [6.07, 6.45) is -1.70. The van der Waals surface area contributed by atoms with E-state index < -0.39 is 27.8 Å². The second kappa shape index (κ2) is 7.67. The van der Waals surface area contributed by atoms with Crippen molar-refractivity contribution in [2.45, 2.75) is 37.1 Å². The number of urea groups is 1. The summed E-state index contributed by atoms with van der Waals surface area (Å²) in [6.45, 7) is 1.24. The van der Waals surface area contributed by atoms with Crippen LogP contribution in [-0.2, 0) is 16.2 Å². The van der Waals surface area contributed by atoms with Crippen molar-refractivity contribution >= 4 is 21.7 Å². The van der Waals surface area contributed by atoms with Crippen molar-refractivity contribution in [3.8, 4) is 0 Å². The van der Waals surface area contributed by atoms with Gasteiger partial charge in [-0.05, 0) is 49.8 Å². The van der Waals surface area contributed by atoms with Crippen LogP contribution in [0.3, 0.4) is 0 Å². The highest BCUT2D eigenvalue weighted by atomic mass is 32.2. The van der Waals surface area contributed by atoms with Gasteiger partial charge in [0.25, 0.3) is 0 Å². The quantitative estimate of drug-likeness (QED) is 0.790. The molecular formula is C17H22F3N3O3S. The van der Waals surface area contributed by atoms with Crippen LogP contribution in [0.1, 0.15) is 31.2 Å². The van der Waals surface area contributed by atoms with Crippen molar-refractivity contribution in [2.24, 2.45) is 5.92 Å². The number of piperidine rings is 1. The molecule has 1 aliphatic heterocycles. The lowest BCUT2D eigenvalue weighted by Crippen LogP contribution is -2.43. The number of carbonyl (C=O) groups excluding carboxylic acids is 1. The van der Waals surface area contributed by atoms with E-state index in [1.165, 1.54) is 16.4 Å². The van der Waals surface area contributed by atoms with Crippen molar-refractivity contribution < 1.29 is 26.4 Å². The van der Waals surface area contributed by atoms with Crippen LogP contribution in [0.25, 0.3) is 0 Å². The molecule has 1 saturated carbocycles. The van der Waals surface area contributed by atoms with E-state index in [0.717, 1.165) is 25.0 Å². The van der Waals surface area contributed by atoms with Crippen LogP contribution >= 0.6 is 0 Å². The van der Waals surface area contributed by atoms with Gasteiger partial charge in [-0.25, -0.2) is 17.5 Å². The smallest absolute Gasteiger partial charge is 0.338 e. The lowest BCUT2D eigenvalue weighted by Gasteiger charge is -2.31. The number of hydrogen-bond acceptors (Lipinski definition) is 3. The predicted octanol–water partition coefficient (Wildman–Crippen LogP) is 3.03. The Morgan fingerprint density at radius 3 is 2.41 bits per heavy atom. The molecular weight excluding hydrogens is 383 g/mol. The predicted molar refractivity (Wildman–Crippen MR) is 94.7 cm³/mol. The Morgan fingerprint density at radius 1 is 1.15 bits per heavy atom. The molecule has 3 rings (SSSR count). The van der Waals surface area contributed by atoms with E-state index >= 15 is 0 Å². The zero-order valence-electron chi connectivity index (χ0n) is 14.6. The highest BCUT2D eigenvalue weighted by Crippen LogP contribution is 2.33. The molecule has 2 amide bonds. The Hall–Kier alpha value is -1.81. The van der Waals surface area contributed by atoms with Crippen LogP contribution in [0.2, 0.25) is 0 Å². The second-order valence-corrected chi connectivity index (χ2v) is 9.21. The highest BCUT2D eigenvalue weighted by molar-refractivity contribution is 7.90. The molecule has 0 aromatic heterocycles. The summed E-state index contributed by atoms with van der Waals surface area (Å²) >= 11 is 0. The number of halogens is 3. The normalized spacial score (nSPS) is 19.7. The molecule has 27 heavy (non-hydrogen) atoms. The number of amides is 2. The molecule has 2 fully saturated rings. The molecule has 0 unspecified atom stereocenters. The highest BCUT2D eigenvalue weighted by Gasteiger charge is 2.41. The maximum atomic E-state index is 12.7. The molecule has 2 N–H and O–H groups in total. The second-order valence-electron chi connectivity index (χ2n) is 7.00. The van der Waals surface area contributed by atoms with Gasteiger partial charge in [0.15, 0.2) is 0 Å². The van der Waals surface area contributed by atoms with Gasteiger partial charge in [0.2, 0.25) is 10.0 Å². The SMILES string of the molecule is O=C(NCC1CCN(S(=O)(=O)C2CC2)CC1)Nc1cccc(C(F)(F)F)c1. The van der Waals surface area contributed by atoms with E-state index in [1.54, 1.807) is 0 Å². The van der Waals surface area contributed by atoms with E-state index in [0.29, 0.717) is 32.5 Å². The van der Waals surface area contributed by atoms with Crippen LogP contribution in [0, 0.1) is 5.92 Å². The molecule has 150 valence electrons. The molecule has 1 aliphatic carbocycles. The number of nitrogens with zero attached hydrogens (tertiary/aromatic N) is 1. The Kier molecular flexibility index (Phi) is 5.66. The monoisotopic (exact) mass is 405 g/mol. The maximum absolute atomic E-state index is 12.7. The van der Waals surface area contributed by atoms with E-state index in [4.69, 9.17) is 0 Å².